The van der Waals surface area contributed by atoms with Gasteiger partial charge in [0, 0.05) is 16.7 Å². The SMILES string of the molecule is O=C(c1c(Cl)cccc1Cl)N(C(=O)c1c(Cl)cccc1Cl)c1cc(-c2ccc(Cl)cc2)on1. The predicted octanol–water partition coefficient (Wildman–Crippen LogP) is 8.10. The summed E-state index contributed by atoms with van der Waals surface area (Å²) in [6.45, 7) is 0. The fourth-order valence-corrected chi connectivity index (χ4v) is 4.29. The second kappa shape index (κ2) is 9.75. The van der Waals surface area contributed by atoms with Gasteiger partial charge in [-0.1, -0.05) is 75.3 Å². The van der Waals surface area contributed by atoms with Gasteiger partial charge in [0.25, 0.3) is 11.8 Å². The maximum Gasteiger partial charge on any atom is 0.269 e. The van der Waals surface area contributed by atoms with Gasteiger partial charge in [0.1, 0.15) is 0 Å². The van der Waals surface area contributed by atoms with Crippen LogP contribution in [0.2, 0.25) is 25.1 Å². The molecular formula is C23H11Cl5N2O3. The monoisotopic (exact) mass is 538 g/mol. The average Bonchev–Trinajstić information content (AvgIpc) is 3.24. The molecule has 0 radical (unpaired) electrons. The molecule has 1 aromatic heterocycles. The molecular weight excluding hydrogens is 530 g/mol. The van der Waals surface area contributed by atoms with Crippen LogP contribution in [0.1, 0.15) is 20.7 Å². The van der Waals surface area contributed by atoms with Crippen molar-refractivity contribution in [2.75, 3.05) is 4.90 Å². The lowest BCUT2D eigenvalue weighted by atomic mass is 10.1. The Morgan fingerprint density at radius 2 is 1.15 bits per heavy atom. The van der Waals surface area contributed by atoms with Crippen molar-refractivity contribution >= 4 is 75.6 Å². The summed E-state index contributed by atoms with van der Waals surface area (Å²) in [5.74, 6) is -1.48. The van der Waals surface area contributed by atoms with Crippen molar-refractivity contribution in [3.8, 4) is 11.3 Å². The van der Waals surface area contributed by atoms with E-state index in [-0.39, 0.29) is 37.0 Å². The van der Waals surface area contributed by atoms with Crippen molar-refractivity contribution < 1.29 is 14.1 Å². The third-order valence-electron chi connectivity index (χ3n) is 4.61. The smallest absolute Gasteiger partial charge is 0.269 e. The number of carbonyl (C=O) groups is 2. The molecule has 1 heterocycles. The lowest BCUT2D eigenvalue weighted by Crippen LogP contribution is -2.38. The van der Waals surface area contributed by atoms with Gasteiger partial charge in [-0.25, -0.2) is 4.90 Å². The van der Waals surface area contributed by atoms with Crippen LogP contribution in [0.5, 0.6) is 0 Å². The van der Waals surface area contributed by atoms with E-state index in [4.69, 9.17) is 62.5 Å². The Bertz CT molecular complexity index is 1270. The second-order valence-electron chi connectivity index (χ2n) is 6.70. The van der Waals surface area contributed by atoms with Crippen molar-refractivity contribution in [3.05, 3.63) is 103 Å². The van der Waals surface area contributed by atoms with E-state index in [1.54, 1.807) is 36.4 Å². The largest absolute Gasteiger partial charge is 0.354 e. The average molecular weight is 541 g/mol. The number of aromatic nitrogens is 1. The Labute approximate surface area is 213 Å². The van der Waals surface area contributed by atoms with E-state index >= 15 is 0 Å². The molecule has 0 atom stereocenters. The summed E-state index contributed by atoms with van der Waals surface area (Å²) in [5.41, 5.74) is 0.450. The number of carbonyl (C=O) groups excluding carboxylic acids is 2. The molecule has 166 valence electrons. The first-order chi connectivity index (χ1) is 15.8. The normalized spacial score (nSPS) is 10.8. The molecule has 2 amide bonds. The number of hydrogen-bond acceptors (Lipinski definition) is 4. The number of anilines is 1. The highest BCUT2D eigenvalue weighted by Crippen LogP contribution is 2.33. The van der Waals surface area contributed by atoms with E-state index in [2.05, 4.69) is 5.16 Å². The summed E-state index contributed by atoms with van der Waals surface area (Å²) in [4.78, 5) is 27.9. The van der Waals surface area contributed by atoms with Crippen molar-refractivity contribution in [1.82, 2.24) is 5.16 Å². The maximum absolute atomic E-state index is 13.6. The van der Waals surface area contributed by atoms with E-state index in [1.807, 2.05) is 0 Å². The predicted molar refractivity (Wildman–Crippen MR) is 131 cm³/mol. The fraction of sp³-hybridized carbons (Fsp3) is 0. The lowest BCUT2D eigenvalue weighted by Gasteiger charge is -2.20. The van der Waals surface area contributed by atoms with Crippen LogP contribution in [0.3, 0.4) is 0 Å². The van der Waals surface area contributed by atoms with Crippen molar-refractivity contribution in [2.45, 2.75) is 0 Å². The fourth-order valence-electron chi connectivity index (χ4n) is 3.05. The van der Waals surface area contributed by atoms with Gasteiger partial charge in [0.05, 0.1) is 31.2 Å². The van der Waals surface area contributed by atoms with Crippen LogP contribution in [0, 0.1) is 0 Å². The van der Waals surface area contributed by atoms with Crippen molar-refractivity contribution in [1.29, 1.82) is 0 Å². The number of hydrogen-bond donors (Lipinski definition) is 0. The first kappa shape index (κ1) is 23.6. The van der Waals surface area contributed by atoms with Gasteiger partial charge in [-0.15, -0.1) is 0 Å². The summed E-state index contributed by atoms with van der Waals surface area (Å²) in [6, 6.07) is 17.2. The first-order valence-electron chi connectivity index (χ1n) is 9.27. The first-order valence-corrected chi connectivity index (χ1v) is 11.2. The molecule has 0 saturated carbocycles. The molecule has 5 nitrogen and oxygen atoms in total. The van der Waals surface area contributed by atoms with Crippen molar-refractivity contribution in [3.63, 3.8) is 0 Å². The van der Waals surface area contributed by atoms with Gasteiger partial charge in [0.15, 0.2) is 11.6 Å². The quantitative estimate of drug-likeness (QED) is 0.245. The number of nitrogens with zero attached hydrogens (tertiary/aromatic N) is 2. The van der Waals surface area contributed by atoms with Crippen LogP contribution in [-0.2, 0) is 0 Å². The summed E-state index contributed by atoms with van der Waals surface area (Å²) in [7, 11) is 0. The highest BCUT2D eigenvalue weighted by Gasteiger charge is 2.33. The Morgan fingerprint density at radius 3 is 1.61 bits per heavy atom. The molecule has 4 rings (SSSR count). The minimum atomic E-state index is -0.831. The van der Waals surface area contributed by atoms with E-state index in [0.717, 1.165) is 4.90 Å². The summed E-state index contributed by atoms with van der Waals surface area (Å²) >= 11 is 30.9. The molecule has 0 bridgehead atoms. The highest BCUT2D eigenvalue weighted by atomic mass is 35.5. The van der Waals surface area contributed by atoms with Gasteiger partial charge < -0.3 is 4.52 Å². The Balaban J connectivity index is 1.86. The number of benzene rings is 3. The maximum atomic E-state index is 13.6. The molecule has 0 unspecified atom stereocenters. The van der Waals surface area contributed by atoms with Crippen molar-refractivity contribution in [2.24, 2.45) is 0 Å². The summed E-state index contributed by atoms with van der Waals surface area (Å²) in [5, 5.41) is 4.68. The second-order valence-corrected chi connectivity index (χ2v) is 8.76. The number of imide groups is 1. The highest BCUT2D eigenvalue weighted by molar-refractivity contribution is 6.45. The van der Waals surface area contributed by atoms with Crippen LogP contribution >= 0.6 is 58.0 Å². The minimum Gasteiger partial charge on any atom is -0.354 e. The van der Waals surface area contributed by atoms with E-state index < -0.39 is 11.8 Å². The minimum absolute atomic E-state index is 0.0528. The number of rotatable bonds is 4. The zero-order chi connectivity index (χ0) is 23.7. The molecule has 0 N–H and O–H groups in total. The molecule has 3 aromatic carbocycles. The van der Waals surface area contributed by atoms with Crippen LogP contribution in [0.15, 0.2) is 71.3 Å². The van der Waals surface area contributed by atoms with Gasteiger partial charge in [0.2, 0.25) is 0 Å². The molecule has 0 saturated heterocycles. The molecule has 0 aliphatic carbocycles. The molecule has 0 spiro atoms. The molecule has 10 heteroatoms. The molecule has 33 heavy (non-hydrogen) atoms. The summed E-state index contributed by atoms with van der Waals surface area (Å²) in [6.07, 6.45) is 0. The van der Waals surface area contributed by atoms with E-state index in [0.29, 0.717) is 16.3 Å². The van der Waals surface area contributed by atoms with Crippen LogP contribution in [0.25, 0.3) is 11.3 Å². The number of amides is 2. The topological polar surface area (TPSA) is 63.4 Å². The summed E-state index contributed by atoms with van der Waals surface area (Å²) < 4.78 is 5.39. The Hall–Kier alpha value is -2.54. The van der Waals surface area contributed by atoms with Gasteiger partial charge in [-0.05, 0) is 48.5 Å². The van der Waals surface area contributed by atoms with Gasteiger partial charge >= 0.3 is 0 Å². The lowest BCUT2D eigenvalue weighted by molar-refractivity contribution is 0.0895. The molecule has 0 fully saturated rings. The third-order valence-corrected chi connectivity index (χ3v) is 6.13. The van der Waals surface area contributed by atoms with E-state index in [1.165, 1.54) is 30.3 Å². The molecule has 0 aliphatic rings. The Morgan fingerprint density at radius 1 is 0.697 bits per heavy atom. The zero-order valence-electron chi connectivity index (χ0n) is 16.4. The zero-order valence-corrected chi connectivity index (χ0v) is 20.1. The van der Waals surface area contributed by atoms with Crippen LogP contribution in [-0.4, -0.2) is 17.0 Å². The Kier molecular flexibility index (Phi) is 6.98. The van der Waals surface area contributed by atoms with Gasteiger partial charge in [-0.2, -0.15) is 0 Å². The number of halogens is 5. The molecule has 0 aliphatic heterocycles. The van der Waals surface area contributed by atoms with Gasteiger partial charge in [-0.3, -0.25) is 9.59 Å². The van der Waals surface area contributed by atoms with E-state index in [9.17, 15) is 9.59 Å². The van der Waals surface area contributed by atoms with Crippen LogP contribution in [0.4, 0.5) is 5.82 Å². The third kappa shape index (κ3) is 4.74. The van der Waals surface area contributed by atoms with Crippen LogP contribution < -0.4 is 4.90 Å². The molecule has 4 aromatic rings. The standard InChI is InChI=1S/C23H11Cl5N2O3/c24-13-9-7-12(8-10-13)18-11-19(29-33-18)30(22(31)20-14(25)3-1-4-15(20)26)23(32)21-16(27)5-2-6-17(21)28/h1-11H.